The number of methoxy groups -OCH3 is 1. The molecule has 0 aromatic rings. The smallest absolute Gasteiger partial charge is 0.259 e. The highest BCUT2D eigenvalue weighted by molar-refractivity contribution is 7.44. The predicted molar refractivity (Wildman–Crippen MR) is 83.6 cm³/mol. The molecule has 128 valence electrons. The Bertz CT molecular complexity index is 411. The van der Waals surface area contributed by atoms with Gasteiger partial charge in [0, 0.05) is 13.2 Å². The van der Waals surface area contributed by atoms with Gasteiger partial charge >= 0.3 is 0 Å². The minimum absolute atomic E-state index is 0.0233. The number of rotatable bonds is 5. The molecule has 6 nitrogen and oxygen atoms in total. The highest BCUT2D eigenvalue weighted by Crippen LogP contribution is 2.57. The topological polar surface area (TPSA) is 49.4 Å². The molecule has 7 heteroatoms. The molecule has 0 spiro atoms. The van der Waals surface area contributed by atoms with Gasteiger partial charge in [-0.3, -0.25) is 0 Å². The number of likely N-dealkylation sites (N-methyl/N-ethyl adjacent to an activating group) is 1. The average Bonchev–Trinajstić information content (AvgIpc) is 3.02. The first kappa shape index (κ1) is 17.0. The molecule has 4 unspecified atom stereocenters. The maximum Gasteiger partial charge on any atom is 0.259 e. The third-order valence-electron chi connectivity index (χ3n) is 5.00. The maximum atomic E-state index is 6.39. The van der Waals surface area contributed by atoms with Crippen molar-refractivity contribution >= 4 is 8.53 Å². The van der Waals surface area contributed by atoms with Crippen molar-refractivity contribution in [2.45, 2.75) is 63.8 Å². The van der Waals surface area contributed by atoms with Crippen molar-refractivity contribution < 1.29 is 23.3 Å². The number of ether oxygens (including phenoxy) is 3. The lowest BCUT2D eigenvalue weighted by Crippen LogP contribution is -2.45. The summed E-state index contributed by atoms with van der Waals surface area (Å²) >= 11 is 0. The minimum atomic E-state index is -1.09. The second-order valence-electron chi connectivity index (χ2n) is 6.99. The van der Waals surface area contributed by atoms with E-state index in [1.807, 2.05) is 6.92 Å². The SMILES string of the molecule is COC[C@@]12COC([C@H](C)O1)[C@H]2OP1OC(C(C)C)C(C)N1C. The van der Waals surface area contributed by atoms with Crippen LogP contribution in [0.3, 0.4) is 0 Å². The third-order valence-corrected chi connectivity index (χ3v) is 6.71. The summed E-state index contributed by atoms with van der Waals surface area (Å²) in [5, 5.41) is 0. The van der Waals surface area contributed by atoms with Crippen molar-refractivity contribution in [3.8, 4) is 0 Å². The fraction of sp³-hybridized carbons (Fsp3) is 1.00. The number of hydrogen-bond acceptors (Lipinski definition) is 6. The first-order valence-electron chi connectivity index (χ1n) is 8.04. The summed E-state index contributed by atoms with van der Waals surface area (Å²) in [7, 11) is 2.67. The summed E-state index contributed by atoms with van der Waals surface area (Å²) in [4.78, 5) is 0. The lowest BCUT2D eigenvalue weighted by Gasteiger charge is -2.31. The summed E-state index contributed by atoms with van der Waals surface area (Å²) in [6, 6.07) is 0.350. The van der Waals surface area contributed by atoms with E-state index in [2.05, 4.69) is 32.5 Å². The second-order valence-corrected chi connectivity index (χ2v) is 8.52. The van der Waals surface area contributed by atoms with Gasteiger partial charge in [0.1, 0.15) is 17.8 Å². The van der Waals surface area contributed by atoms with E-state index in [1.165, 1.54) is 0 Å². The van der Waals surface area contributed by atoms with E-state index in [0.717, 1.165) is 0 Å². The lowest BCUT2D eigenvalue weighted by molar-refractivity contribution is -0.158. The Balaban J connectivity index is 1.73. The van der Waals surface area contributed by atoms with Crippen LogP contribution in [0.4, 0.5) is 0 Å². The Morgan fingerprint density at radius 3 is 2.64 bits per heavy atom. The molecule has 0 amide bonds. The monoisotopic (exact) mass is 333 g/mol. The predicted octanol–water partition coefficient (Wildman–Crippen LogP) is 2.18. The molecule has 22 heavy (non-hydrogen) atoms. The van der Waals surface area contributed by atoms with Crippen molar-refractivity contribution in [3.63, 3.8) is 0 Å². The van der Waals surface area contributed by atoms with Crippen molar-refractivity contribution in [1.82, 2.24) is 4.67 Å². The van der Waals surface area contributed by atoms with Crippen molar-refractivity contribution in [2.24, 2.45) is 5.92 Å². The molecule has 3 rings (SSSR count). The van der Waals surface area contributed by atoms with Gasteiger partial charge in [0.05, 0.1) is 25.4 Å². The fourth-order valence-electron chi connectivity index (χ4n) is 3.69. The summed E-state index contributed by atoms with van der Waals surface area (Å²) in [5.74, 6) is 0.466. The highest BCUT2D eigenvalue weighted by atomic mass is 31.2. The summed E-state index contributed by atoms with van der Waals surface area (Å²) in [5.41, 5.74) is -0.496. The molecule has 3 fully saturated rings. The van der Waals surface area contributed by atoms with Crippen LogP contribution in [-0.2, 0) is 23.3 Å². The van der Waals surface area contributed by atoms with Crippen LogP contribution in [0, 0.1) is 5.92 Å². The third kappa shape index (κ3) is 2.63. The Hall–Kier alpha value is 0.190. The molecule has 0 aromatic carbocycles. The van der Waals surface area contributed by atoms with Gasteiger partial charge < -0.3 is 23.3 Å². The van der Waals surface area contributed by atoms with Crippen molar-refractivity contribution in [1.29, 1.82) is 0 Å². The highest BCUT2D eigenvalue weighted by Gasteiger charge is 2.62. The minimum Gasteiger partial charge on any atom is -0.381 e. The van der Waals surface area contributed by atoms with E-state index in [9.17, 15) is 0 Å². The quantitative estimate of drug-likeness (QED) is 0.719. The van der Waals surface area contributed by atoms with Crippen LogP contribution in [0.5, 0.6) is 0 Å². The van der Waals surface area contributed by atoms with Crippen molar-refractivity contribution in [2.75, 3.05) is 27.4 Å². The van der Waals surface area contributed by atoms with Crippen molar-refractivity contribution in [3.05, 3.63) is 0 Å². The van der Waals surface area contributed by atoms with Crippen LogP contribution in [0.25, 0.3) is 0 Å². The van der Waals surface area contributed by atoms with E-state index >= 15 is 0 Å². The van der Waals surface area contributed by atoms with Gasteiger partial charge in [-0.1, -0.05) is 13.8 Å². The van der Waals surface area contributed by atoms with Crippen LogP contribution in [0.2, 0.25) is 0 Å². The fourth-order valence-corrected chi connectivity index (χ4v) is 5.60. The molecular formula is C15H28NO5P. The van der Waals surface area contributed by atoms with Crippen LogP contribution >= 0.6 is 8.53 Å². The zero-order chi connectivity index (χ0) is 16.1. The summed E-state index contributed by atoms with van der Waals surface area (Å²) in [6.45, 7) is 9.61. The molecule has 3 saturated heterocycles. The van der Waals surface area contributed by atoms with Crippen LogP contribution < -0.4 is 0 Å². The lowest BCUT2D eigenvalue weighted by atomic mass is 10.00. The van der Waals surface area contributed by atoms with Crippen LogP contribution in [-0.4, -0.2) is 68.1 Å². The molecule has 3 heterocycles. The average molecular weight is 333 g/mol. The number of fused-ring (bicyclic) bond motifs is 2. The van der Waals surface area contributed by atoms with E-state index in [-0.39, 0.29) is 24.4 Å². The molecule has 0 saturated carbocycles. The van der Waals surface area contributed by atoms with Gasteiger partial charge in [0.15, 0.2) is 0 Å². The van der Waals surface area contributed by atoms with E-state index < -0.39 is 14.1 Å². The zero-order valence-corrected chi connectivity index (χ0v) is 15.2. The molecule has 7 atom stereocenters. The molecule has 0 aliphatic carbocycles. The van der Waals surface area contributed by atoms with Crippen LogP contribution in [0.15, 0.2) is 0 Å². The second kappa shape index (κ2) is 6.25. The van der Waals surface area contributed by atoms with Crippen LogP contribution in [0.1, 0.15) is 27.7 Å². The first-order valence-corrected chi connectivity index (χ1v) is 9.17. The van der Waals surface area contributed by atoms with Gasteiger partial charge in [-0.25, -0.2) is 4.67 Å². The molecule has 2 bridgehead atoms. The van der Waals surface area contributed by atoms with Gasteiger partial charge in [0.25, 0.3) is 8.53 Å². The number of nitrogens with zero attached hydrogens (tertiary/aromatic N) is 1. The Morgan fingerprint density at radius 1 is 1.36 bits per heavy atom. The molecule has 0 aromatic heterocycles. The molecule has 3 aliphatic rings. The Labute approximate surface area is 134 Å². The first-order chi connectivity index (χ1) is 10.4. The standard InChI is InChI=1S/C15H28NO5P/c1-9(2)12-10(3)16(5)22(20-12)21-14-13-11(4)19-15(14,7-17-6)8-18-13/h9-14H,7-8H2,1-6H3/t10?,11-,12?,13?,14+,15-,22?/m0/s1. The van der Waals surface area contributed by atoms with Gasteiger partial charge in [-0.2, -0.15) is 0 Å². The molecule has 0 N–H and O–H groups in total. The van der Waals surface area contributed by atoms with E-state index in [0.29, 0.717) is 25.2 Å². The van der Waals surface area contributed by atoms with E-state index in [1.54, 1.807) is 7.11 Å². The van der Waals surface area contributed by atoms with Gasteiger partial charge in [-0.05, 0) is 26.8 Å². The summed E-state index contributed by atoms with van der Waals surface area (Å²) in [6.07, 6.45) is 0.0557. The number of hydrogen-bond donors (Lipinski definition) is 0. The molecule has 3 aliphatic heterocycles. The van der Waals surface area contributed by atoms with Gasteiger partial charge in [0.2, 0.25) is 0 Å². The largest absolute Gasteiger partial charge is 0.381 e. The molecular weight excluding hydrogens is 305 g/mol. The zero-order valence-electron chi connectivity index (χ0n) is 14.3. The summed E-state index contributed by atoms with van der Waals surface area (Å²) < 4.78 is 32.2. The normalized spacial score (nSPS) is 48.7. The van der Waals surface area contributed by atoms with Gasteiger partial charge in [-0.15, -0.1) is 0 Å². The van der Waals surface area contributed by atoms with E-state index in [4.69, 9.17) is 23.3 Å². The molecule has 0 radical (unpaired) electrons. The Kier molecular flexibility index (Phi) is 4.83. The Morgan fingerprint density at radius 2 is 2.09 bits per heavy atom. The maximum absolute atomic E-state index is 6.39.